The van der Waals surface area contributed by atoms with Gasteiger partial charge in [0, 0.05) is 11.4 Å². The fraction of sp³-hybridized carbons (Fsp3) is 0.118. The summed E-state index contributed by atoms with van der Waals surface area (Å²) in [7, 11) is 0. The van der Waals surface area contributed by atoms with Gasteiger partial charge in [-0.1, -0.05) is 6.07 Å². The van der Waals surface area contributed by atoms with Crippen LogP contribution in [0.5, 0.6) is 0 Å². The number of rotatable bonds is 5. The number of carbonyl (C=O) groups excluding carboxylic acids is 1. The van der Waals surface area contributed by atoms with Gasteiger partial charge in [-0.25, -0.2) is 8.78 Å². The van der Waals surface area contributed by atoms with E-state index in [1.54, 1.807) is 30.5 Å². The molecular formula is C17H13F2NO3S. The molecule has 1 atom stereocenters. The molecule has 7 heteroatoms. The maximum Gasteiger partial charge on any atom is 0.257 e. The lowest BCUT2D eigenvalue weighted by Crippen LogP contribution is -2.29. The van der Waals surface area contributed by atoms with E-state index in [1.807, 2.05) is 0 Å². The lowest BCUT2D eigenvalue weighted by atomic mass is 10.2. The topological polar surface area (TPSA) is 62.5 Å². The van der Waals surface area contributed by atoms with E-state index in [0.717, 1.165) is 17.0 Å². The van der Waals surface area contributed by atoms with E-state index in [0.29, 0.717) is 10.6 Å². The van der Waals surface area contributed by atoms with Crippen molar-refractivity contribution in [3.05, 3.63) is 70.8 Å². The maximum atomic E-state index is 13.5. The Morgan fingerprint density at radius 3 is 2.58 bits per heavy atom. The second kappa shape index (κ2) is 6.94. The van der Waals surface area contributed by atoms with E-state index in [2.05, 4.69) is 5.32 Å². The smallest absolute Gasteiger partial charge is 0.257 e. The van der Waals surface area contributed by atoms with E-state index < -0.39 is 29.2 Å². The molecule has 3 aromatic rings. The molecule has 2 N–H and O–H groups in total. The summed E-state index contributed by atoms with van der Waals surface area (Å²) in [5.41, 5.74) is -0.660. The highest BCUT2D eigenvalue weighted by Gasteiger charge is 2.19. The van der Waals surface area contributed by atoms with E-state index in [1.165, 1.54) is 17.4 Å². The van der Waals surface area contributed by atoms with Crippen LogP contribution in [-0.2, 0) is 0 Å². The van der Waals surface area contributed by atoms with Crippen LogP contribution in [0, 0.1) is 11.6 Å². The average Bonchev–Trinajstić information content (AvgIpc) is 3.23. The number of carbonyl (C=O) groups is 1. The van der Waals surface area contributed by atoms with Crippen molar-refractivity contribution in [3.8, 4) is 10.6 Å². The Labute approximate surface area is 140 Å². The number of aliphatic hydroxyl groups is 1. The van der Waals surface area contributed by atoms with E-state index in [9.17, 15) is 18.7 Å². The fourth-order valence-electron chi connectivity index (χ4n) is 2.18. The Morgan fingerprint density at radius 2 is 1.92 bits per heavy atom. The van der Waals surface area contributed by atoms with Crippen LogP contribution in [0.4, 0.5) is 8.78 Å². The molecule has 4 nitrogen and oxygen atoms in total. The third-order valence-corrected chi connectivity index (χ3v) is 4.57. The van der Waals surface area contributed by atoms with E-state index >= 15 is 0 Å². The summed E-state index contributed by atoms with van der Waals surface area (Å²) in [5.74, 6) is -2.13. The standard InChI is InChI=1S/C17H13F2NO3S/c18-10-3-1-4-11(19)16(10)17(22)20-9-12(21)14-6-7-15(24-14)13-5-2-8-23-13/h1-8,12,21H,9H2,(H,20,22). The predicted octanol–water partition coefficient (Wildman–Crippen LogP) is 3.75. The zero-order valence-corrected chi connectivity index (χ0v) is 13.1. The second-order valence-corrected chi connectivity index (χ2v) is 6.12. The summed E-state index contributed by atoms with van der Waals surface area (Å²) in [6.45, 7) is -0.162. The Hall–Kier alpha value is -2.51. The van der Waals surface area contributed by atoms with Gasteiger partial charge in [-0.3, -0.25) is 4.79 Å². The molecule has 1 unspecified atom stereocenters. The number of aliphatic hydroxyl groups excluding tert-OH is 1. The van der Waals surface area contributed by atoms with Crippen LogP contribution >= 0.6 is 11.3 Å². The van der Waals surface area contributed by atoms with Gasteiger partial charge in [-0.15, -0.1) is 11.3 Å². The first-order valence-corrected chi connectivity index (χ1v) is 7.92. The van der Waals surface area contributed by atoms with Crippen LogP contribution in [0.15, 0.2) is 53.1 Å². The van der Waals surface area contributed by atoms with Crippen LogP contribution in [0.25, 0.3) is 10.6 Å². The Balaban J connectivity index is 1.65. The Morgan fingerprint density at radius 1 is 1.17 bits per heavy atom. The first-order valence-electron chi connectivity index (χ1n) is 7.10. The van der Waals surface area contributed by atoms with Crippen molar-refractivity contribution in [2.75, 3.05) is 6.54 Å². The number of furan rings is 1. The lowest BCUT2D eigenvalue weighted by molar-refractivity contribution is 0.0909. The van der Waals surface area contributed by atoms with E-state index in [-0.39, 0.29) is 6.54 Å². The summed E-state index contributed by atoms with van der Waals surface area (Å²) in [4.78, 5) is 13.3. The Kier molecular flexibility index (Phi) is 4.73. The minimum absolute atomic E-state index is 0.162. The van der Waals surface area contributed by atoms with E-state index in [4.69, 9.17) is 4.42 Å². The number of amides is 1. The molecule has 2 heterocycles. The third-order valence-electron chi connectivity index (χ3n) is 3.37. The van der Waals surface area contributed by atoms with Crippen molar-refractivity contribution < 1.29 is 23.1 Å². The largest absolute Gasteiger partial charge is 0.464 e. The van der Waals surface area contributed by atoms with Gasteiger partial charge in [0.25, 0.3) is 5.91 Å². The number of thiophene rings is 1. The van der Waals surface area contributed by atoms with Gasteiger partial charge in [-0.2, -0.15) is 0 Å². The summed E-state index contributed by atoms with van der Waals surface area (Å²) in [6, 6.07) is 10.2. The minimum Gasteiger partial charge on any atom is -0.464 e. The summed E-state index contributed by atoms with van der Waals surface area (Å²) < 4.78 is 32.3. The Bertz CT molecular complexity index is 825. The van der Waals surface area contributed by atoms with Gasteiger partial charge in [0.15, 0.2) is 0 Å². The molecular weight excluding hydrogens is 336 g/mol. The molecule has 0 fully saturated rings. The van der Waals surface area contributed by atoms with Crippen molar-refractivity contribution in [3.63, 3.8) is 0 Å². The predicted molar refractivity (Wildman–Crippen MR) is 85.7 cm³/mol. The molecule has 0 aliphatic carbocycles. The molecule has 0 spiro atoms. The number of halogens is 2. The van der Waals surface area contributed by atoms with Crippen molar-refractivity contribution in [1.29, 1.82) is 0 Å². The van der Waals surface area contributed by atoms with Crippen LogP contribution in [-0.4, -0.2) is 17.6 Å². The van der Waals surface area contributed by atoms with Crippen molar-refractivity contribution in [1.82, 2.24) is 5.32 Å². The average molecular weight is 349 g/mol. The van der Waals surface area contributed by atoms with Gasteiger partial charge in [0.05, 0.1) is 11.1 Å². The molecule has 0 saturated heterocycles. The molecule has 0 radical (unpaired) electrons. The van der Waals surface area contributed by atoms with Crippen molar-refractivity contribution in [2.24, 2.45) is 0 Å². The molecule has 1 amide bonds. The van der Waals surface area contributed by atoms with Crippen molar-refractivity contribution >= 4 is 17.2 Å². The third kappa shape index (κ3) is 3.37. The summed E-state index contributed by atoms with van der Waals surface area (Å²) in [6.07, 6.45) is 0.562. The minimum atomic E-state index is -0.988. The monoisotopic (exact) mass is 349 g/mol. The zero-order chi connectivity index (χ0) is 17.1. The van der Waals surface area contributed by atoms with Crippen molar-refractivity contribution in [2.45, 2.75) is 6.10 Å². The van der Waals surface area contributed by atoms with Gasteiger partial charge >= 0.3 is 0 Å². The molecule has 124 valence electrons. The van der Waals surface area contributed by atoms with Gasteiger partial charge in [-0.05, 0) is 36.4 Å². The molecule has 2 aromatic heterocycles. The first-order chi connectivity index (χ1) is 11.6. The van der Waals surface area contributed by atoms with Gasteiger partial charge in [0.2, 0.25) is 0 Å². The van der Waals surface area contributed by atoms with Crippen LogP contribution in [0.1, 0.15) is 21.3 Å². The highest BCUT2D eigenvalue weighted by molar-refractivity contribution is 7.15. The molecule has 1 aromatic carbocycles. The van der Waals surface area contributed by atoms with Crippen LogP contribution in [0.3, 0.4) is 0 Å². The highest BCUT2D eigenvalue weighted by atomic mass is 32.1. The maximum absolute atomic E-state index is 13.5. The number of nitrogens with one attached hydrogen (secondary N) is 1. The highest BCUT2D eigenvalue weighted by Crippen LogP contribution is 2.31. The summed E-state index contributed by atoms with van der Waals surface area (Å²) >= 11 is 1.31. The lowest BCUT2D eigenvalue weighted by Gasteiger charge is -2.11. The van der Waals surface area contributed by atoms with Crippen LogP contribution in [0.2, 0.25) is 0 Å². The summed E-state index contributed by atoms with van der Waals surface area (Å²) in [5, 5.41) is 12.5. The molecule has 24 heavy (non-hydrogen) atoms. The normalized spacial score (nSPS) is 12.1. The number of hydrogen-bond acceptors (Lipinski definition) is 4. The second-order valence-electron chi connectivity index (χ2n) is 5.00. The molecule has 0 aliphatic heterocycles. The molecule has 3 rings (SSSR count). The number of hydrogen-bond donors (Lipinski definition) is 2. The fourth-order valence-corrected chi connectivity index (χ4v) is 3.14. The van der Waals surface area contributed by atoms with Crippen LogP contribution < -0.4 is 5.32 Å². The zero-order valence-electron chi connectivity index (χ0n) is 12.3. The molecule has 0 aliphatic rings. The molecule has 0 bridgehead atoms. The first kappa shape index (κ1) is 16.4. The SMILES string of the molecule is O=C(NCC(O)c1ccc(-c2ccco2)s1)c1c(F)cccc1F. The van der Waals surface area contributed by atoms with Gasteiger partial charge < -0.3 is 14.8 Å². The molecule has 0 saturated carbocycles. The number of benzene rings is 1. The van der Waals surface area contributed by atoms with Gasteiger partial charge in [0.1, 0.15) is 29.1 Å². The quantitative estimate of drug-likeness (QED) is 0.737.